The fourth-order valence-electron chi connectivity index (χ4n) is 4.39. The Bertz CT molecular complexity index is 1010. The Balaban J connectivity index is 1.74. The molecule has 1 aromatic carbocycles. The van der Waals surface area contributed by atoms with Crippen LogP contribution in [-0.4, -0.2) is 48.1 Å². The van der Waals surface area contributed by atoms with Crippen molar-refractivity contribution in [3.63, 3.8) is 0 Å². The number of ether oxygens (including phenoxy) is 2. The molecular formula is C20H19FN4O3. The summed E-state index contributed by atoms with van der Waals surface area (Å²) in [6, 6.07) is 8.60. The molecule has 8 heteroatoms. The van der Waals surface area contributed by atoms with Crippen LogP contribution in [0.15, 0.2) is 41.5 Å². The molecule has 1 aromatic heterocycles. The van der Waals surface area contributed by atoms with Crippen LogP contribution in [0.1, 0.15) is 12.0 Å². The molecule has 2 aromatic rings. The normalized spacial score (nSPS) is 28.6. The lowest BCUT2D eigenvalue weighted by Gasteiger charge is -2.45. The van der Waals surface area contributed by atoms with E-state index in [0.29, 0.717) is 42.1 Å². The molecule has 3 aliphatic rings. The van der Waals surface area contributed by atoms with Crippen molar-refractivity contribution >= 4 is 11.9 Å². The number of nitrogens with zero attached hydrogens (tertiary/aromatic N) is 3. The summed E-state index contributed by atoms with van der Waals surface area (Å²) in [4.78, 5) is 23.1. The van der Waals surface area contributed by atoms with Crippen LogP contribution in [0, 0.1) is 11.9 Å². The molecule has 4 heterocycles. The van der Waals surface area contributed by atoms with Gasteiger partial charge in [-0.1, -0.05) is 6.07 Å². The number of rotatable bonds is 1. The standard InChI is InChI=1S/C20H19FN4O3/c1-25-18(26)20(24-19(25)22)13-9-11(12-3-2-7-23-17(12)21)4-5-15(13)28-16-6-8-27-10-14(16)20/h2-5,7,9,14,16H,6,8,10H2,1H3,(H2,22,24)/t14-,16-,20?/m0/s1. The van der Waals surface area contributed by atoms with Crippen LogP contribution in [0.25, 0.3) is 11.1 Å². The minimum Gasteiger partial charge on any atom is -0.489 e. The van der Waals surface area contributed by atoms with Gasteiger partial charge >= 0.3 is 0 Å². The summed E-state index contributed by atoms with van der Waals surface area (Å²) < 4.78 is 26.1. The van der Waals surface area contributed by atoms with E-state index in [-0.39, 0.29) is 23.9 Å². The largest absolute Gasteiger partial charge is 0.489 e. The van der Waals surface area contributed by atoms with E-state index in [9.17, 15) is 9.18 Å². The zero-order chi connectivity index (χ0) is 19.5. The molecule has 28 heavy (non-hydrogen) atoms. The number of fused-ring (bicyclic) bond motifs is 4. The molecule has 2 N–H and O–H groups in total. The number of carbonyl (C=O) groups excluding carboxylic acids is 1. The SMILES string of the molecule is CN1C(=O)C2(N=C1N)c1cc(-c3cccnc3F)ccc1O[C@H]1CCOC[C@@H]12. The predicted molar refractivity (Wildman–Crippen MR) is 99.0 cm³/mol. The lowest BCUT2D eigenvalue weighted by atomic mass is 9.71. The third-order valence-electron chi connectivity index (χ3n) is 5.83. The molecule has 1 spiro atoms. The van der Waals surface area contributed by atoms with Gasteiger partial charge in [-0.2, -0.15) is 4.39 Å². The highest BCUT2D eigenvalue weighted by Crippen LogP contribution is 2.51. The van der Waals surface area contributed by atoms with Crippen LogP contribution in [0.4, 0.5) is 4.39 Å². The fourth-order valence-corrected chi connectivity index (χ4v) is 4.39. The first kappa shape index (κ1) is 17.1. The highest BCUT2D eigenvalue weighted by molar-refractivity contribution is 6.07. The summed E-state index contributed by atoms with van der Waals surface area (Å²) in [6.45, 7) is 0.904. The zero-order valence-corrected chi connectivity index (χ0v) is 15.3. The van der Waals surface area contributed by atoms with E-state index in [0.717, 1.165) is 0 Å². The fraction of sp³-hybridized carbons (Fsp3) is 0.350. The Morgan fingerprint density at radius 2 is 2.21 bits per heavy atom. The van der Waals surface area contributed by atoms with Crippen molar-refractivity contribution in [2.75, 3.05) is 20.3 Å². The van der Waals surface area contributed by atoms with Gasteiger partial charge in [0, 0.05) is 30.8 Å². The lowest BCUT2D eigenvalue weighted by Crippen LogP contribution is -2.56. The molecule has 3 aliphatic heterocycles. The predicted octanol–water partition coefficient (Wildman–Crippen LogP) is 1.67. The average Bonchev–Trinajstić information content (AvgIpc) is 2.93. The van der Waals surface area contributed by atoms with Crippen molar-refractivity contribution in [2.24, 2.45) is 16.6 Å². The first-order valence-electron chi connectivity index (χ1n) is 9.15. The van der Waals surface area contributed by atoms with Crippen molar-refractivity contribution in [2.45, 2.75) is 18.1 Å². The van der Waals surface area contributed by atoms with Crippen molar-refractivity contribution in [3.8, 4) is 16.9 Å². The molecule has 1 unspecified atom stereocenters. The summed E-state index contributed by atoms with van der Waals surface area (Å²) in [6.07, 6.45) is 1.86. The van der Waals surface area contributed by atoms with Gasteiger partial charge in [-0.15, -0.1) is 0 Å². The maximum Gasteiger partial charge on any atom is 0.262 e. The summed E-state index contributed by atoms with van der Waals surface area (Å²) in [5.41, 5.74) is 6.32. The van der Waals surface area contributed by atoms with Crippen molar-refractivity contribution in [1.82, 2.24) is 9.88 Å². The quantitative estimate of drug-likeness (QED) is 0.758. The molecule has 7 nitrogen and oxygen atoms in total. The number of hydrogen-bond donors (Lipinski definition) is 1. The topological polar surface area (TPSA) is 90.0 Å². The molecule has 0 saturated carbocycles. The van der Waals surface area contributed by atoms with Crippen LogP contribution in [-0.2, 0) is 15.1 Å². The Kier molecular flexibility index (Phi) is 3.67. The number of likely N-dealkylation sites (N-methyl/N-ethyl adjacent to an activating group) is 1. The van der Waals surface area contributed by atoms with Gasteiger partial charge in [0.25, 0.3) is 5.91 Å². The van der Waals surface area contributed by atoms with E-state index in [4.69, 9.17) is 15.2 Å². The Morgan fingerprint density at radius 3 is 2.96 bits per heavy atom. The summed E-state index contributed by atoms with van der Waals surface area (Å²) in [5.74, 6) is -0.390. The van der Waals surface area contributed by atoms with Gasteiger partial charge in [-0.3, -0.25) is 9.69 Å². The highest BCUT2D eigenvalue weighted by Gasteiger charge is 2.60. The van der Waals surface area contributed by atoms with Crippen molar-refractivity contribution in [3.05, 3.63) is 48.0 Å². The number of pyridine rings is 1. The van der Waals surface area contributed by atoms with E-state index in [1.165, 1.54) is 11.1 Å². The molecule has 1 saturated heterocycles. The number of benzene rings is 1. The Hall–Kier alpha value is -3.00. The Morgan fingerprint density at radius 1 is 1.36 bits per heavy atom. The minimum atomic E-state index is -1.23. The van der Waals surface area contributed by atoms with E-state index >= 15 is 0 Å². The first-order chi connectivity index (χ1) is 13.5. The maximum absolute atomic E-state index is 14.3. The number of carbonyl (C=O) groups is 1. The molecule has 3 atom stereocenters. The number of amides is 1. The smallest absolute Gasteiger partial charge is 0.262 e. The van der Waals surface area contributed by atoms with Gasteiger partial charge in [0.2, 0.25) is 5.95 Å². The lowest BCUT2D eigenvalue weighted by molar-refractivity contribution is -0.141. The van der Waals surface area contributed by atoms with E-state index in [1.807, 2.05) is 0 Å². The zero-order valence-electron chi connectivity index (χ0n) is 15.3. The highest BCUT2D eigenvalue weighted by atomic mass is 19.1. The monoisotopic (exact) mass is 382 g/mol. The van der Waals surface area contributed by atoms with Crippen LogP contribution in [0.5, 0.6) is 5.75 Å². The summed E-state index contributed by atoms with van der Waals surface area (Å²) in [5, 5.41) is 0. The minimum absolute atomic E-state index is 0.153. The van der Waals surface area contributed by atoms with E-state index in [1.54, 1.807) is 37.4 Å². The molecular weight excluding hydrogens is 363 g/mol. The van der Waals surface area contributed by atoms with Gasteiger partial charge in [-0.25, -0.2) is 9.98 Å². The van der Waals surface area contributed by atoms with Gasteiger partial charge in [0.15, 0.2) is 11.5 Å². The van der Waals surface area contributed by atoms with Crippen LogP contribution >= 0.6 is 0 Å². The number of nitrogens with two attached hydrogens (primary N) is 1. The third kappa shape index (κ3) is 2.21. The van der Waals surface area contributed by atoms with Crippen molar-refractivity contribution in [1.29, 1.82) is 0 Å². The number of guanidine groups is 1. The molecule has 5 rings (SSSR count). The maximum atomic E-state index is 14.3. The third-order valence-corrected chi connectivity index (χ3v) is 5.83. The summed E-state index contributed by atoms with van der Waals surface area (Å²) in [7, 11) is 1.61. The molecule has 1 fully saturated rings. The second kappa shape index (κ2) is 6.00. The molecule has 0 radical (unpaired) electrons. The average molecular weight is 382 g/mol. The molecule has 144 valence electrons. The second-order valence-electron chi connectivity index (χ2n) is 7.28. The van der Waals surface area contributed by atoms with E-state index in [2.05, 4.69) is 9.98 Å². The summed E-state index contributed by atoms with van der Waals surface area (Å²) >= 11 is 0. The number of aliphatic imine (C=N–C) groups is 1. The van der Waals surface area contributed by atoms with Crippen molar-refractivity contribution < 1.29 is 18.7 Å². The molecule has 0 bridgehead atoms. The van der Waals surface area contributed by atoms with Crippen LogP contribution in [0.2, 0.25) is 0 Å². The Labute approximate surface area is 161 Å². The number of aromatic nitrogens is 1. The van der Waals surface area contributed by atoms with E-state index < -0.39 is 11.5 Å². The molecule has 0 aliphatic carbocycles. The van der Waals surface area contributed by atoms with Crippen LogP contribution in [0.3, 0.4) is 0 Å². The van der Waals surface area contributed by atoms with Crippen LogP contribution < -0.4 is 10.5 Å². The van der Waals surface area contributed by atoms with Gasteiger partial charge in [0.1, 0.15) is 11.9 Å². The second-order valence-corrected chi connectivity index (χ2v) is 7.28. The number of hydrogen-bond acceptors (Lipinski definition) is 6. The van der Waals surface area contributed by atoms with Gasteiger partial charge in [-0.05, 0) is 29.8 Å². The van der Waals surface area contributed by atoms with Gasteiger partial charge in [0.05, 0.1) is 19.1 Å². The first-order valence-corrected chi connectivity index (χ1v) is 9.15. The molecule has 1 amide bonds. The number of halogens is 1. The van der Waals surface area contributed by atoms with Gasteiger partial charge < -0.3 is 15.2 Å².